The van der Waals surface area contributed by atoms with E-state index in [1.165, 1.54) is 0 Å². The fraction of sp³-hybridized carbons (Fsp3) is 0.304. The summed E-state index contributed by atoms with van der Waals surface area (Å²) in [6.07, 6.45) is 1.04. The first-order valence-corrected chi connectivity index (χ1v) is 9.60. The molecular formula is C23H27N3O2. The van der Waals surface area contributed by atoms with E-state index in [1.807, 2.05) is 54.7 Å². The van der Waals surface area contributed by atoms with Crippen LogP contribution in [0.5, 0.6) is 0 Å². The minimum Gasteiger partial charge on any atom is -0.368 e. The van der Waals surface area contributed by atoms with Crippen LogP contribution in [0.2, 0.25) is 0 Å². The second-order valence-corrected chi connectivity index (χ2v) is 6.91. The molecule has 0 amide bonds. The number of aromatic nitrogens is 2. The molecule has 0 radical (unpaired) electrons. The van der Waals surface area contributed by atoms with Crippen LogP contribution in [0.25, 0.3) is 22.5 Å². The van der Waals surface area contributed by atoms with E-state index in [0.717, 1.165) is 28.3 Å². The summed E-state index contributed by atoms with van der Waals surface area (Å²) in [4.78, 5) is 11.9. The zero-order valence-electron chi connectivity index (χ0n) is 16.6. The van der Waals surface area contributed by atoms with E-state index < -0.39 is 6.29 Å². The van der Waals surface area contributed by atoms with Crippen molar-refractivity contribution in [2.45, 2.75) is 33.1 Å². The van der Waals surface area contributed by atoms with Gasteiger partial charge >= 0.3 is 0 Å². The topological polar surface area (TPSA) is 58.5 Å². The largest absolute Gasteiger partial charge is 0.368 e. The highest BCUT2D eigenvalue weighted by molar-refractivity contribution is 5.78. The Kier molecular flexibility index (Phi) is 6.74. The lowest BCUT2D eigenvalue weighted by Crippen LogP contribution is -2.35. The Balaban J connectivity index is 2.01. The number of aliphatic hydroxyl groups excluding tert-OH is 1. The number of rotatable bonds is 8. The SMILES string of the molecule is CC(O)OCCN(c1cnc(-c2ccccc2)c(-c2ccccc2)n1)C(C)C. The molecule has 0 aliphatic heterocycles. The standard InChI is InChI=1S/C23H27N3O2/c1-17(2)26(14-15-28-18(3)27)21-16-24-22(19-10-6-4-7-11-19)23(25-21)20-12-8-5-9-13-20/h4-13,16-18,27H,14-15H2,1-3H3. The Hall–Kier alpha value is -2.76. The molecule has 0 saturated heterocycles. The van der Waals surface area contributed by atoms with Gasteiger partial charge in [0.2, 0.25) is 0 Å². The molecule has 3 rings (SSSR count). The molecule has 28 heavy (non-hydrogen) atoms. The third-order valence-electron chi connectivity index (χ3n) is 4.46. The minimum atomic E-state index is -0.777. The van der Waals surface area contributed by atoms with Crippen molar-refractivity contribution in [3.63, 3.8) is 0 Å². The van der Waals surface area contributed by atoms with Crippen molar-refractivity contribution >= 4 is 5.82 Å². The van der Waals surface area contributed by atoms with E-state index >= 15 is 0 Å². The summed E-state index contributed by atoms with van der Waals surface area (Å²) < 4.78 is 5.32. The maximum atomic E-state index is 9.36. The Morgan fingerprint density at radius 3 is 2.00 bits per heavy atom. The van der Waals surface area contributed by atoms with E-state index in [4.69, 9.17) is 14.7 Å². The molecule has 146 valence electrons. The van der Waals surface area contributed by atoms with Gasteiger partial charge in [-0.3, -0.25) is 4.98 Å². The molecule has 5 nitrogen and oxygen atoms in total. The van der Waals surface area contributed by atoms with Crippen LogP contribution in [-0.4, -0.2) is 40.6 Å². The van der Waals surface area contributed by atoms with Crippen LogP contribution in [-0.2, 0) is 4.74 Å². The lowest BCUT2D eigenvalue weighted by molar-refractivity contribution is -0.0824. The summed E-state index contributed by atoms with van der Waals surface area (Å²) in [5.74, 6) is 0.794. The highest BCUT2D eigenvalue weighted by Gasteiger charge is 2.17. The van der Waals surface area contributed by atoms with Gasteiger partial charge in [0.25, 0.3) is 0 Å². The van der Waals surface area contributed by atoms with Crippen LogP contribution in [0.15, 0.2) is 66.9 Å². The van der Waals surface area contributed by atoms with Gasteiger partial charge in [-0.05, 0) is 20.8 Å². The summed E-state index contributed by atoms with van der Waals surface area (Å²) in [6.45, 7) is 6.87. The van der Waals surface area contributed by atoms with Crippen molar-refractivity contribution in [3.8, 4) is 22.5 Å². The van der Waals surface area contributed by atoms with Crippen LogP contribution in [0.4, 0.5) is 5.82 Å². The van der Waals surface area contributed by atoms with Crippen LogP contribution >= 0.6 is 0 Å². The number of nitrogens with zero attached hydrogens (tertiary/aromatic N) is 3. The molecule has 0 bridgehead atoms. The zero-order chi connectivity index (χ0) is 19.9. The Morgan fingerprint density at radius 1 is 0.893 bits per heavy atom. The third-order valence-corrected chi connectivity index (χ3v) is 4.46. The van der Waals surface area contributed by atoms with Gasteiger partial charge in [-0.2, -0.15) is 0 Å². The Labute approximate surface area is 166 Å². The van der Waals surface area contributed by atoms with Crippen LogP contribution in [0.1, 0.15) is 20.8 Å². The van der Waals surface area contributed by atoms with Crippen molar-refractivity contribution in [1.29, 1.82) is 0 Å². The number of anilines is 1. The molecule has 2 aromatic carbocycles. The molecule has 1 N–H and O–H groups in total. The molecule has 0 fully saturated rings. The first kappa shape index (κ1) is 20.0. The molecule has 1 aromatic heterocycles. The van der Waals surface area contributed by atoms with Gasteiger partial charge in [0.05, 0.1) is 24.2 Å². The van der Waals surface area contributed by atoms with E-state index in [2.05, 4.69) is 30.9 Å². The van der Waals surface area contributed by atoms with Gasteiger partial charge in [-0.15, -0.1) is 0 Å². The van der Waals surface area contributed by atoms with Crippen molar-refractivity contribution in [2.24, 2.45) is 0 Å². The van der Waals surface area contributed by atoms with Gasteiger partial charge in [-0.1, -0.05) is 60.7 Å². The quantitative estimate of drug-likeness (QED) is 0.590. The fourth-order valence-corrected chi connectivity index (χ4v) is 3.08. The number of hydrogen-bond donors (Lipinski definition) is 1. The van der Waals surface area contributed by atoms with Crippen LogP contribution in [0.3, 0.4) is 0 Å². The second kappa shape index (κ2) is 9.44. The Morgan fingerprint density at radius 2 is 1.46 bits per heavy atom. The molecule has 0 saturated carbocycles. The van der Waals surface area contributed by atoms with Gasteiger partial charge in [0.15, 0.2) is 6.29 Å². The average molecular weight is 377 g/mol. The highest BCUT2D eigenvalue weighted by atomic mass is 16.6. The summed E-state index contributed by atoms with van der Waals surface area (Å²) >= 11 is 0. The third kappa shape index (κ3) is 4.94. The second-order valence-electron chi connectivity index (χ2n) is 6.91. The van der Waals surface area contributed by atoms with Gasteiger partial charge in [0, 0.05) is 23.7 Å². The van der Waals surface area contributed by atoms with Crippen molar-refractivity contribution in [2.75, 3.05) is 18.1 Å². The van der Waals surface area contributed by atoms with E-state index in [-0.39, 0.29) is 6.04 Å². The van der Waals surface area contributed by atoms with Crippen molar-refractivity contribution in [3.05, 3.63) is 66.9 Å². The molecule has 1 unspecified atom stereocenters. The highest BCUT2D eigenvalue weighted by Crippen LogP contribution is 2.30. The monoisotopic (exact) mass is 377 g/mol. The molecule has 3 aromatic rings. The molecular weight excluding hydrogens is 350 g/mol. The fourth-order valence-electron chi connectivity index (χ4n) is 3.08. The van der Waals surface area contributed by atoms with Crippen molar-refractivity contribution in [1.82, 2.24) is 9.97 Å². The predicted octanol–water partition coefficient (Wildman–Crippen LogP) is 4.38. The number of hydrogen-bond acceptors (Lipinski definition) is 5. The normalized spacial score (nSPS) is 12.2. The number of benzene rings is 2. The lowest BCUT2D eigenvalue weighted by atomic mass is 10.0. The predicted molar refractivity (Wildman–Crippen MR) is 113 cm³/mol. The summed E-state index contributed by atoms with van der Waals surface area (Å²) in [6, 6.07) is 20.4. The number of aliphatic hydroxyl groups is 1. The smallest absolute Gasteiger partial charge is 0.151 e. The van der Waals surface area contributed by atoms with Crippen LogP contribution in [0, 0.1) is 0 Å². The first-order valence-electron chi connectivity index (χ1n) is 9.60. The van der Waals surface area contributed by atoms with E-state index in [9.17, 15) is 5.11 Å². The Bertz CT molecular complexity index is 868. The maximum absolute atomic E-state index is 9.36. The summed E-state index contributed by atoms with van der Waals surface area (Å²) in [5.41, 5.74) is 3.78. The van der Waals surface area contributed by atoms with Crippen LogP contribution < -0.4 is 4.90 Å². The van der Waals surface area contributed by atoms with Gasteiger partial charge in [0.1, 0.15) is 5.82 Å². The minimum absolute atomic E-state index is 0.220. The average Bonchev–Trinajstić information content (AvgIpc) is 2.72. The number of ether oxygens (including phenoxy) is 1. The molecule has 1 atom stereocenters. The molecule has 5 heteroatoms. The molecule has 0 aliphatic carbocycles. The van der Waals surface area contributed by atoms with Gasteiger partial charge in [-0.25, -0.2) is 4.98 Å². The molecule has 0 spiro atoms. The van der Waals surface area contributed by atoms with E-state index in [0.29, 0.717) is 13.2 Å². The molecule has 1 heterocycles. The summed E-state index contributed by atoms with van der Waals surface area (Å²) in [5, 5.41) is 9.36. The van der Waals surface area contributed by atoms with E-state index in [1.54, 1.807) is 6.92 Å². The van der Waals surface area contributed by atoms with Gasteiger partial charge < -0.3 is 14.7 Å². The maximum Gasteiger partial charge on any atom is 0.151 e. The molecule has 0 aliphatic rings. The first-order chi connectivity index (χ1) is 13.6. The summed E-state index contributed by atoms with van der Waals surface area (Å²) in [7, 11) is 0. The lowest BCUT2D eigenvalue weighted by Gasteiger charge is -2.28. The van der Waals surface area contributed by atoms with Crippen molar-refractivity contribution < 1.29 is 9.84 Å². The zero-order valence-corrected chi connectivity index (χ0v) is 16.6.